The second kappa shape index (κ2) is 5.04. The van der Waals surface area contributed by atoms with Crippen LogP contribution in [0.15, 0.2) is 32.4 Å². The van der Waals surface area contributed by atoms with Gasteiger partial charge < -0.3 is 5.11 Å². The van der Waals surface area contributed by atoms with Gasteiger partial charge in [-0.25, -0.2) is 14.0 Å². The fraction of sp³-hybridized carbons (Fsp3) is 0.0833. The summed E-state index contributed by atoms with van der Waals surface area (Å²) in [6.07, 6.45) is 0.913. The third-order valence-corrected chi connectivity index (χ3v) is 3.28. The van der Waals surface area contributed by atoms with E-state index in [4.69, 9.17) is 5.11 Å². The van der Waals surface area contributed by atoms with Crippen LogP contribution in [0.5, 0.6) is 0 Å². The SMILES string of the molecule is Cc1cc(F)c(Br)cc1-n1cc(C(=O)O)c(=O)[nH]c1=O. The van der Waals surface area contributed by atoms with Gasteiger partial charge in [0, 0.05) is 6.20 Å². The largest absolute Gasteiger partial charge is 0.477 e. The maximum atomic E-state index is 13.4. The highest BCUT2D eigenvalue weighted by atomic mass is 79.9. The van der Waals surface area contributed by atoms with Gasteiger partial charge in [-0.15, -0.1) is 0 Å². The summed E-state index contributed by atoms with van der Waals surface area (Å²) in [5, 5.41) is 8.89. The van der Waals surface area contributed by atoms with Crippen molar-refractivity contribution < 1.29 is 14.3 Å². The number of halogens is 2. The molecule has 1 aromatic carbocycles. The summed E-state index contributed by atoms with van der Waals surface area (Å²) in [6.45, 7) is 1.56. The lowest BCUT2D eigenvalue weighted by atomic mass is 10.2. The number of carboxylic acids is 1. The minimum atomic E-state index is -1.46. The molecule has 2 rings (SSSR count). The van der Waals surface area contributed by atoms with Gasteiger partial charge in [0.1, 0.15) is 11.4 Å². The zero-order chi connectivity index (χ0) is 15.0. The predicted molar refractivity (Wildman–Crippen MR) is 72.0 cm³/mol. The van der Waals surface area contributed by atoms with Gasteiger partial charge in [0.15, 0.2) is 0 Å². The Morgan fingerprint density at radius 3 is 2.65 bits per heavy atom. The van der Waals surface area contributed by atoms with E-state index in [0.29, 0.717) is 5.56 Å². The smallest absolute Gasteiger partial charge is 0.342 e. The van der Waals surface area contributed by atoms with Crippen molar-refractivity contribution in [3.05, 3.63) is 60.6 Å². The van der Waals surface area contributed by atoms with E-state index in [1.54, 1.807) is 6.92 Å². The first-order valence-corrected chi connectivity index (χ1v) is 6.16. The first kappa shape index (κ1) is 14.2. The summed E-state index contributed by atoms with van der Waals surface area (Å²) < 4.78 is 14.4. The summed E-state index contributed by atoms with van der Waals surface area (Å²) in [7, 11) is 0. The van der Waals surface area contributed by atoms with E-state index in [1.165, 1.54) is 12.1 Å². The summed E-state index contributed by atoms with van der Waals surface area (Å²) in [5.74, 6) is -1.97. The summed E-state index contributed by atoms with van der Waals surface area (Å²) >= 11 is 2.99. The fourth-order valence-corrected chi connectivity index (χ4v) is 2.03. The van der Waals surface area contributed by atoms with E-state index in [-0.39, 0.29) is 10.2 Å². The molecule has 0 radical (unpaired) electrons. The zero-order valence-corrected chi connectivity index (χ0v) is 11.7. The van der Waals surface area contributed by atoms with Crippen molar-refractivity contribution >= 4 is 21.9 Å². The molecule has 104 valence electrons. The van der Waals surface area contributed by atoms with Gasteiger partial charge in [0.25, 0.3) is 5.56 Å². The van der Waals surface area contributed by atoms with E-state index in [0.717, 1.165) is 10.8 Å². The quantitative estimate of drug-likeness (QED) is 0.863. The highest BCUT2D eigenvalue weighted by Gasteiger charge is 2.14. The van der Waals surface area contributed by atoms with Gasteiger partial charge in [-0.05, 0) is 40.5 Å². The van der Waals surface area contributed by atoms with E-state index in [2.05, 4.69) is 15.9 Å². The lowest BCUT2D eigenvalue weighted by molar-refractivity contribution is 0.0694. The lowest BCUT2D eigenvalue weighted by Gasteiger charge is -2.10. The van der Waals surface area contributed by atoms with Crippen LogP contribution < -0.4 is 11.2 Å². The van der Waals surface area contributed by atoms with Crippen molar-refractivity contribution in [2.75, 3.05) is 0 Å². The number of aryl methyl sites for hydroxylation is 1. The molecule has 0 unspecified atom stereocenters. The molecule has 2 N–H and O–H groups in total. The summed E-state index contributed by atoms with van der Waals surface area (Å²) in [4.78, 5) is 35.9. The maximum Gasteiger partial charge on any atom is 0.342 e. The molecule has 0 saturated carbocycles. The van der Waals surface area contributed by atoms with Gasteiger partial charge in [0.05, 0.1) is 10.2 Å². The van der Waals surface area contributed by atoms with Crippen LogP contribution in [0.1, 0.15) is 15.9 Å². The first-order chi connectivity index (χ1) is 9.31. The number of nitrogens with zero attached hydrogens (tertiary/aromatic N) is 1. The molecule has 0 saturated heterocycles. The Labute approximate surface area is 119 Å². The van der Waals surface area contributed by atoms with Gasteiger partial charge in [-0.2, -0.15) is 0 Å². The van der Waals surface area contributed by atoms with E-state index < -0.39 is 28.6 Å². The minimum Gasteiger partial charge on any atom is -0.477 e. The van der Waals surface area contributed by atoms with Crippen molar-refractivity contribution in [2.45, 2.75) is 6.92 Å². The number of aromatic carboxylic acids is 1. The van der Waals surface area contributed by atoms with E-state index in [1.807, 2.05) is 4.98 Å². The Morgan fingerprint density at radius 1 is 1.40 bits per heavy atom. The number of hydrogen-bond acceptors (Lipinski definition) is 3. The molecule has 20 heavy (non-hydrogen) atoms. The van der Waals surface area contributed by atoms with Gasteiger partial charge >= 0.3 is 11.7 Å². The van der Waals surface area contributed by atoms with Crippen LogP contribution in [0.25, 0.3) is 5.69 Å². The number of benzene rings is 1. The number of carbonyl (C=O) groups is 1. The summed E-state index contributed by atoms with van der Waals surface area (Å²) in [5.41, 5.74) is -1.69. The topological polar surface area (TPSA) is 92.2 Å². The molecular weight excluding hydrogens is 335 g/mol. The van der Waals surface area contributed by atoms with Crippen LogP contribution >= 0.6 is 15.9 Å². The molecule has 1 heterocycles. The van der Waals surface area contributed by atoms with Crippen LogP contribution in [0.4, 0.5) is 4.39 Å². The normalized spacial score (nSPS) is 10.6. The molecule has 0 spiro atoms. The van der Waals surface area contributed by atoms with Crippen LogP contribution in [0.2, 0.25) is 0 Å². The molecule has 0 fully saturated rings. The highest BCUT2D eigenvalue weighted by Crippen LogP contribution is 2.22. The van der Waals surface area contributed by atoms with Crippen molar-refractivity contribution in [3.63, 3.8) is 0 Å². The second-order valence-corrected chi connectivity index (χ2v) is 4.88. The average Bonchev–Trinajstić information content (AvgIpc) is 2.34. The summed E-state index contributed by atoms with van der Waals surface area (Å²) in [6, 6.07) is 2.52. The maximum absolute atomic E-state index is 13.4. The molecule has 8 heteroatoms. The van der Waals surface area contributed by atoms with Gasteiger partial charge in [-0.3, -0.25) is 14.3 Å². The number of rotatable bonds is 2. The number of nitrogens with one attached hydrogen (secondary N) is 1. The number of aromatic nitrogens is 2. The third-order valence-electron chi connectivity index (χ3n) is 2.67. The van der Waals surface area contributed by atoms with Crippen molar-refractivity contribution in [3.8, 4) is 5.69 Å². The first-order valence-electron chi connectivity index (χ1n) is 5.36. The molecule has 0 atom stereocenters. The minimum absolute atomic E-state index is 0.119. The number of carboxylic acid groups (broad SMARTS) is 1. The molecule has 0 aliphatic heterocycles. The number of hydrogen-bond donors (Lipinski definition) is 2. The monoisotopic (exact) mass is 342 g/mol. The van der Waals surface area contributed by atoms with Crippen molar-refractivity contribution in [1.82, 2.24) is 9.55 Å². The van der Waals surface area contributed by atoms with Crippen LogP contribution in [0.3, 0.4) is 0 Å². The standard InChI is InChI=1S/C12H8BrFN2O4/c1-5-2-8(14)7(13)3-9(5)16-4-6(11(18)19)10(17)15-12(16)20/h2-4H,1H3,(H,18,19)(H,15,17,20). The molecule has 1 aromatic heterocycles. The molecule has 0 amide bonds. The lowest BCUT2D eigenvalue weighted by Crippen LogP contribution is -2.32. The second-order valence-electron chi connectivity index (χ2n) is 4.03. The zero-order valence-electron chi connectivity index (χ0n) is 10.1. The third kappa shape index (κ3) is 2.42. The Bertz CT molecular complexity index is 825. The van der Waals surface area contributed by atoms with Crippen LogP contribution in [0, 0.1) is 12.7 Å². The molecule has 0 aliphatic rings. The average molecular weight is 343 g/mol. The number of aromatic amines is 1. The van der Waals surface area contributed by atoms with E-state index >= 15 is 0 Å². The van der Waals surface area contributed by atoms with Crippen LogP contribution in [-0.4, -0.2) is 20.6 Å². The molecule has 6 nitrogen and oxygen atoms in total. The fourth-order valence-electron chi connectivity index (χ4n) is 1.70. The van der Waals surface area contributed by atoms with Crippen LogP contribution in [-0.2, 0) is 0 Å². The molecular formula is C12H8BrFN2O4. The Hall–Kier alpha value is -2.22. The van der Waals surface area contributed by atoms with Crippen molar-refractivity contribution in [1.29, 1.82) is 0 Å². The van der Waals surface area contributed by atoms with Gasteiger partial charge in [0.2, 0.25) is 0 Å². The Kier molecular flexibility index (Phi) is 3.58. The molecule has 0 aliphatic carbocycles. The number of H-pyrrole nitrogens is 1. The predicted octanol–water partition coefficient (Wildman–Crippen LogP) is 1.43. The van der Waals surface area contributed by atoms with E-state index in [9.17, 15) is 18.8 Å². The molecule has 0 bridgehead atoms. The van der Waals surface area contributed by atoms with Crippen molar-refractivity contribution in [2.24, 2.45) is 0 Å². The molecule has 2 aromatic rings. The Balaban J connectivity index is 2.80. The van der Waals surface area contributed by atoms with Gasteiger partial charge in [-0.1, -0.05) is 0 Å². The highest BCUT2D eigenvalue weighted by molar-refractivity contribution is 9.10. The Morgan fingerprint density at radius 2 is 2.05 bits per heavy atom.